The van der Waals surface area contributed by atoms with Crippen molar-refractivity contribution < 1.29 is 4.79 Å². The molecule has 16 heavy (non-hydrogen) atoms. The van der Waals surface area contributed by atoms with E-state index in [9.17, 15) is 9.59 Å². The maximum atomic E-state index is 11.7. The fourth-order valence-corrected chi connectivity index (χ4v) is 1.13. The fourth-order valence-electron chi connectivity index (χ4n) is 1.13. The van der Waals surface area contributed by atoms with E-state index in [0.29, 0.717) is 11.5 Å². The first-order valence-electron chi connectivity index (χ1n) is 4.51. The molecule has 0 radical (unpaired) electrons. The van der Waals surface area contributed by atoms with Crippen LogP contribution in [-0.4, -0.2) is 25.7 Å². The lowest BCUT2D eigenvalue weighted by Crippen LogP contribution is -2.17. The molecule has 2 rings (SSSR count). The largest absolute Gasteiger partial charge is 0.328 e. The summed E-state index contributed by atoms with van der Waals surface area (Å²) >= 11 is 0. The minimum absolute atomic E-state index is 0.254. The Bertz CT molecular complexity index is 551. The van der Waals surface area contributed by atoms with E-state index in [1.54, 1.807) is 7.05 Å². The van der Waals surface area contributed by atoms with E-state index >= 15 is 0 Å². The number of nitrogens with zero attached hydrogens (tertiary/aromatic N) is 3. The van der Waals surface area contributed by atoms with E-state index < -0.39 is 0 Å². The maximum absolute atomic E-state index is 11.7. The van der Waals surface area contributed by atoms with Crippen LogP contribution in [0, 0.1) is 0 Å². The first kappa shape index (κ1) is 10.1. The molecule has 0 saturated carbocycles. The average Bonchev–Trinajstić information content (AvgIpc) is 2.65. The summed E-state index contributed by atoms with van der Waals surface area (Å²) in [4.78, 5) is 28.7. The van der Waals surface area contributed by atoms with Gasteiger partial charge in [-0.1, -0.05) is 0 Å². The van der Waals surface area contributed by atoms with E-state index in [0.717, 1.165) is 0 Å². The molecule has 0 aliphatic rings. The van der Waals surface area contributed by atoms with Crippen LogP contribution in [0.1, 0.15) is 10.4 Å². The predicted octanol–water partition coefficient (Wildman–Crippen LogP) is -0.244. The van der Waals surface area contributed by atoms with Gasteiger partial charge in [-0.2, -0.15) is 10.1 Å². The van der Waals surface area contributed by atoms with Gasteiger partial charge in [-0.3, -0.25) is 14.9 Å². The molecule has 2 N–H and O–H groups in total. The summed E-state index contributed by atoms with van der Waals surface area (Å²) in [6, 6.07) is 2.72. The molecule has 82 valence electrons. The van der Waals surface area contributed by atoms with Gasteiger partial charge in [0.2, 0.25) is 11.5 Å². The number of hydrogen-bond donors (Lipinski definition) is 2. The van der Waals surface area contributed by atoms with Crippen molar-refractivity contribution in [2.45, 2.75) is 0 Å². The SMILES string of the molecule is Cn1ncnc1NC(=O)c1ccc(=O)[nH]c1. The van der Waals surface area contributed by atoms with Gasteiger partial charge in [0.05, 0.1) is 5.56 Å². The molecule has 0 spiro atoms. The van der Waals surface area contributed by atoms with Crippen LogP contribution >= 0.6 is 0 Å². The van der Waals surface area contributed by atoms with E-state index in [2.05, 4.69) is 20.4 Å². The molecule has 0 saturated heterocycles. The third-order valence-electron chi connectivity index (χ3n) is 1.98. The van der Waals surface area contributed by atoms with Gasteiger partial charge in [0, 0.05) is 19.3 Å². The molecule has 2 aromatic heterocycles. The average molecular weight is 219 g/mol. The maximum Gasteiger partial charge on any atom is 0.259 e. The van der Waals surface area contributed by atoms with E-state index in [-0.39, 0.29) is 11.5 Å². The van der Waals surface area contributed by atoms with Crippen molar-refractivity contribution in [2.75, 3.05) is 5.32 Å². The Morgan fingerprint density at radius 2 is 2.31 bits per heavy atom. The van der Waals surface area contributed by atoms with Gasteiger partial charge in [0.25, 0.3) is 5.91 Å². The van der Waals surface area contributed by atoms with Gasteiger partial charge < -0.3 is 4.98 Å². The van der Waals surface area contributed by atoms with Crippen molar-refractivity contribution in [3.63, 3.8) is 0 Å². The topological polar surface area (TPSA) is 92.7 Å². The summed E-state index contributed by atoms with van der Waals surface area (Å²) < 4.78 is 1.43. The van der Waals surface area contributed by atoms with Crippen molar-refractivity contribution >= 4 is 11.9 Å². The highest BCUT2D eigenvalue weighted by Crippen LogP contribution is 2.02. The standard InChI is InChI=1S/C9H9N5O2/c1-14-9(11-5-12-14)13-8(16)6-2-3-7(15)10-4-6/h2-5H,1H3,(H,10,15)(H,11,12,13,16). The van der Waals surface area contributed by atoms with Crippen LogP contribution < -0.4 is 10.9 Å². The lowest BCUT2D eigenvalue weighted by molar-refractivity contribution is 0.102. The normalized spacial score (nSPS) is 10.1. The van der Waals surface area contributed by atoms with E-state index in [1.807, 2.05) is 0 Å². The molecule has 0 atom stereocenters. The molecule has 0 unspecified atom stereocenters. The van der Waals surface area contributed by atoms with Crippen LogP contribution in [0.15, 0.2) is 29.5 Å². The van der Waals surface area contributed by atoms with Crippen molar-refractivity contribution in [1.29, 1.82) is 0 Å². The van der Waals surface area contributed by atoms with E-state index in [1.165, 1.54) is 29.3 Å². The zero-order valence-electron chi connectivity index (χ0n) is 8.47. The lowest BCUT2D eigenvalue weighted by Gasteiger charge is -2.02. The monoisotopic (exact) mass is 219 g/mol. The summed E-state index contributed by atoms with van der Waals surface area (Å²) in [7, 11) is 1.66. The third kappa shape index (κ3) is 1.97. The molecule has 0 aliphatic carbocycles. The smallest absolute Gasteiger partial charge is 0.259 e. The highest BCUT2D eigenvalue weighted by molar-refractivity contribution is 6.03. The van der Waals surface area contributed by atoms with Gasteiger partial charge >= 0.3 is 0 Å². The summed E-state index contributed by atoms with van der Waals surface area (Å²) in [6.45, 7) is 0. The minimum atomic E-state index is -0.354. The van der Waals surface area contributed by atoms with Crippen LogP contribution in [-0.2, 0) is 7.05 Å². The number of nitrogens with one attached hydrogen (secondary N) is 2. The number of carbonyl (C=O) groups excluding carboxylic acids is 1. The van der Waals surface area contributed by atoms with Crippen LogP contribution in [0.2, 0.25) is 0 Å². The Kier molecular flexibility index (Phi) is 2.50. The molecular formula is C9H9N5O2. The quantitative estimate of drug-likeness (QED) is 0.728. The van der Waals surface area contributed by atoms with Gasteiger partial charge in [0.1, 0.15) is 6.33 Å². The summed E-state index contributed by atoms with van der Waals surface area (Å²) in [5, 5.41) is 6.36. The van der Waals surface area contributed by atoms with Gasteiger partial charge in [-0.05, 0) is 6.07 Å². The molecular weight excluding hydrogens is 210 g/mol. The number of amides is 1. The predicted molar refractivity (Wildman–Crippen MR) is 56.0 cm³/mol. The first-order chi connectivity index (χ1) is 7.66. The minimum Gasteiger partial charge on any atom is -0.328 e. The number of aryl methyl sites for hydroxylation is 1. The molecule has 7 nitrogen and oxygen atoms in total. The van der Waals surface area contributed by atoms with Crippen molar-refractivity contribution in [2.24, 2.45) is 7.05 Å². The molecule has 0 aliphatic heterocycles. The summed E-state index contributed by atoms with van der Waals surface area (Å²) in [6.07, 6.45) is 2.68. The lowest BCUT2D eigenvalue weighted by atomic mass is 10.3. The van der Waals surface area contributed by atoms with Crippen molar-refractivity contribution in [1.82, 2.24) is 19.7 Å². The summed E-state index contributed by atoms with van der Waals surface area (Å²) in [5.41, 5.74) is 0.0952. The Hall–Kier alpha value is -2.44. The Morgan fingerprint density at radius 3 is 2.88 bits per heavy atom. The van der Waals surface area contributed by atoms with E-state index in [4.69, 9.17) is 0 Å². The molecule has 0 bridgehead atoms. The second-order valence-electron chi connectivity index (χ2n) is 3.10. The Balaban J connectivity index is 2.18. The molecule has 2 heterocycles. The highest BCUT2D eigenvalue weighted by atomic mass is 16.2. The number of rotatable bonds is 2. The van der Waals surface area contributed by atoms with Gasteiger partial charge in [-0.15, -0.1) is 0 Å². The zero-order valence-corrected chi connectivity index (χ0v) is 8.47. The second kappa shape index (κ2) is 3.97. The fraction of sp³-hybridized carbons (Fsp3) is 0.111. The molecule has 1 amide bonds. The second-order valence-corrected chi connectivity index (χ2v) is 3.10. The third-order valence-corrected chi connectivity index (χ3v) is 1.98. The highest BCUT2D eigenvalue weighted by Gasteiger charge is 2.08. The van der Waals surface area contributed by atoms with Crippen LogP contribution in [0.5, 0.6) is 0 Å². The number of carbonyl (C=O) groups is 1. The first-order valence-corrected chi connectivity index (χ1v) is 4.51. The molecule has 7 heteroatoms. The van der Waals surface area contributed by atoms with Crippen molar-refractivity contribution in [3.05, 3.63) is 40.6 Å². The van der Waals surface area contributed by atoms with Crippen LogP contribution in [0.3, 0.4) is 0 Å². The van der Waals surface area contributed by atoms with Crippen LogP contribution in [0.25, 0.3) is 0 Å². The number of aromatic amines is 1. The number of anilines is 1. The van der Waals surface area contributed by atoms with Gasteiger partial charge in [-0.25, -0.2) is 4.68 Å². The Morgan fingerprint density at radius 1 is 1.50 bits per heavy atom. The number of H-pyrrole nitrogens is 1. The molecule has 0 aromatic carbocycles. The zero-order chi connectivity index (χ0) is 11.5. The van der Waals surface area contributed by atoms with Gasteiger partial charge in [0.15, 0.2) is 0 Å². The van der Waals surface area contributed by atoms with Crippen LogP contribution in [0.4, 0.5) is 5.95 Å². The number of pyridine rings is 1. The molecule has 0 fully saturated rings. The molecule has 2 aromatic rings. The van der Waals surface area contributed by atoms with Crippen molar-refractivity contribution in [3.8, 4) is 0 Å². The number of aromatic nitrogens is 4. The summed E-state index contributed by atoms with van der Waals surface area (Å²) in [5.74, 6) is -0.0106. The number of hydrogen-bond acceptors (Lipinski definition) is 4. The Labute approximate surface area is 90.1 Å².